The highest BCUT2D eigenvalue weighted by molar-refractivity contribution is 6.31. The minimum Gasteiger partial charge on any atom is -0.356 e. The Morgan fingerprint density at radius 3 is 2.83 bits per heavy atom. The summed E-state index contributed by atoms with van der Waals surface area (Å²) in [4.78, 5) is 14.0. The zero-order chi connectivity index (χ0) is 13.3. The van der Waals surface area contributed by atoms with Crippen molar-refractivity contribution in [3.8, 4) is 0 Å². The van der Waals surface area contributed by atoms with Gasteiger partial charge in [-0.05, 0) is 31.5 Å². The highest BCUT2D eigenvalue weighted by atomic mass is 35.5. The van der Waals surface area contributed by atoms with Crippen LogP contribution in [-0.4, -0.2) is 24.5 Å². The molecular weight excluding hydrogens is 250 g/mol. The lowest BCUT2D eigenvalue weighted by atomic mass is 9.97. The molecule has 1 aliphatic rings. The van der Waals surface area contributed by atoms with E-state index < -0.39 is 5.54 Å². The van der Waals surface area contributed by atoms with Gasteiger partial charge >= 0.3 is 0 Å². The highest BCUT2D eigenvalue weighted by Crippen LogP contribution is 2.29. The highest BCUT2D eigenvalue weighted by Gasteiger charge is 2.37. The summed E-state index contributed by atoms with van der Waals surface area (Å²) >= 11 is 6.17. The van der Waals surface area contributed by atoms with Crippen LogP contribution < -0.4 is 16.0 Å². The van der Waals surface area contributed by atoms with Crippen molar-refractivity contribution in [2.45, 2.75) is 25.9 Å². The molecule has 0 atom stereocenters. The quantitative estimate of drug-likeness (QED) is 0.854. The average molecular weight is 268 g/mol. The molecule has 0 aliphatic carbocycles. The van der Waals surface area contributed by atoms with E-state index >= 15 is 0 Å². The molecule has 0 radical (unpaired) electrons. The molecule has 0 spiro atoms. The second-order valence-electron chi connectivity index (χ2n) is 4.95. The lowest BCUT2D eigenvalue weighted by Crippen LogP contribution is -2.62. The Bertz CT molecular complexity index is 473. The van der Waals surface area contributed by atoms with Crippen molar-refractivity contribution in [2.24, 2.45) is 5.73 Å². The first kappa shape index (κ1) is 13.2. The number of piperazine rings is 1. The number of anilines is 1. The van der Waals surface area contributed by atoms with Crippen molar-refractivity contribution in [3.63, 3.8) is 0 Å². The Morgan fingerprint density at radius 1 is 1.50 bits per heavy atom. The summed E-state index contributed by atoms with van der Waals surface area (Å²) in [5, 5.41) is 3.53. The van der Waals surface area contributed by atoms with Gasteiger partial charge < -0.3 is 16.0 Å². The molecule has 1 fully saturated rings. The Hall–Kier alpha value is -1.26. The third-order valence-corrected chi connectivity index (χ3v) is 3.77. The van der Waals surface area contributed by atoms with E-state index in [1.165, 1.54) is 0 Å². The molecule has 0 unspecified atom stereocenters. The van der Waals surface area contributed by atoms with Crippen LogP contribution in [0.25, 0.3) is 0 Å². The fourth-order valence-corrected chi connectivity index (χ4v) is 2.47. The van der Waals surface area contributed by atoms with E-state index in [4.69, 9.17) is 17.3 Å². The molecule has 1 heterocycles. The van der Waals surface area contributed by atoms with Gasteiger partial charge in [-0.2, -0.15) is 0 Å². The van der Waals surface area contributed by atoms with Crippen LogP contribution in [0.3, 0.4) is 0 Å². The Morgan fingerprint density at radius 2 is 2.22 bits per heavy atom. The van der Waals surface area contributed by atoms with E-state index in [0.29, 0.717) is 18.1 Å². The molecule has 1 saturated heterocycles. The normalized spacial score (nSPS) is 18.7. The van der Waals surface area contributed by atoms with Crippen LogP contribution in [-0.2, 0) is 11.3 Å². The van der Waals surface area contributed by atoms with Crippen molar-refractivity contribution >= 4 is 23.2 Å². The molecule has 1 amide bonds. The van der Waals surface area contributed by atoms with Gasteiger partial charge in [0.25, 0.3) is 0 Å². The molecule has 98 valence electrons. The smallest absolute Gasteiger partial charge is 0.245 e. The first-order valence-corrected chi connectivity index (χ1v) is 6.39. The summed E-state index contributed by atoms with van der Waals surface area (Å²) in [6, 6.07) is 5.76. The van der Waals surface area contributed by atoms with Gasteiger partial charge in [-0.15, -0.1) is 0 Å². The second-order valence-corrected chi connectivity index (χ2v) is 5.35. The standard InChI is InChI=1S/C13H18ClN3O/c1-13(2)12(18)16-5-6-17(13)10-4-3-9(8-15)11(14)7-10/h3-4,7H,5-6,8,15H2,1-2H3,(H,16,18). The minimum atomic E-state index is -0.564. The summed E-state index contributed by atoms with van der Waals surface area (Å²) in [5.41, 5.74) is 6.90. The number of nitrogens with two attached hydrogens (primary N) is 1. The number of rotatable bonds is 2. The van der Waals surface area contributed by atoms with Gasteiger partial charge in [-0.25, -0.2) is 0 Å². The molecule has 0 saturated carbocycles. The summed E-state index contributed by atoms with van der Waals surface area (Å²) in [5.74, 6) is 0.0350. The lowest BCUT2D eigenvalue weighted by molar-refractivity contribution is -0.126. The molecule has 1 aliphatic heterocycles. The first-order valence-electron chi connectivity index (χ1n) is 6.01. The number of carbonyl (C=O) groups excluding carboxylic acids is 1. The maximum Gasteiger partial charge on any atom is 0.245 e. The minimum absolute atomic E-state index is 0.0350. The predicted octanol–water partition coefficient (Wildman–Crippen LogP) is 1.51. The Balaban J connectivity index is 2.36. The van der Waals surface area contributed by atoms with Crippen molar-refractivity contribution < 1.29 is 4.79 Å². The van der Waals surface area contributed by atoms with E-state index in [2.05, 4.69) is 10.2 Å². The van der Waals surface area contributed by atoms with E-state index in [1.54, 1.807) is 0 Å². The molecule has 3 N–H and O–H groups in total. The number of hydrogen-bond acceptors (Lipinski definition) is 3. The number of halogens is 1. The molecule has 0 aromatic heterocycles. The lowest BCUT2D eigenvalue weighted by Gasteiger charge is -2.43. The fraction of sp³-hybridized carbons (Fsp3) is 0.462. The summed E-state index contributed by atoms with van der Waals surface area (Å²) < 4.78 is 0. The average Bonchev–Trinajstić information content (AvgIpc) is 2.32. The van der Waals surface area contributed by atoms with Crippen molar-refractivity contribution in [1.29, 1.82) is 0 Å². The zero-order valence-corrected chi connectivity index (χ0v) is 11.4. The van der Waals surface area contributed by atoms with Crippen molar-refractivity contribution in [3.05, 3.63) is 28.8 Å². The van der Waals surface area contributed by atoms with E-state index in [-0.39, 0.29) is 5.91 Å². The number of carbonyl (C=O) groups is 1. The molecule has 5 heteroatoms. The molecule has 1 aromatic carbocycles. The molecule has 18 heavy (non-hydrogen) atoms. The monoisotopic (exact) mass is 267 g/mol. The summed E-state index contributed by atoms with van der Waals surface area (Å²) in [7, 11) is 0. The van der Waals surface area contributed by atoms with Gasteiger partial charge in [0.05, 0.1) is 0 Å². The molecular formula is C13H18ClN3O. The van der Waals surface area contributed by atoms with Gasteiger partial charge in [0, 0.05) is 30.3 Å². The second kappa shape index (κ2) is 4.78. The van der Waals surface area contributed by atoms with Crippen LogP contribution >= 0.6 is 11.6 Å². The van der Waals surface area contributed by atoms with Gasteiger partial charge in [0.1, 0.15) is 5.54 Å². The number of hydrogen-bond donors (Lipinski definition) is 2. The van der Waals surface area contributed by atoms with E-state index in [9.17, 15) is 4.79 Å². The third kappa shape index (κ3) is 2.18. The molecule has 2 rings (SSSR count). The van der Waals surface area contributed by atoms with E-state index in [1.807, 2.05) is 32.0 Å². The third-order valence-electron chi connectivity index (χ3n) is 3.42. The van der Waals surface area contributed by atoms with Crippen LogP contribution in [0.1, 0.15) is 19.4 Å². The van der Waals surface area contributed by atoms with Gasteiger partial charge in [-0.3, -0.25) is 4.79 Å². The molecule has 4 nitrogen and oxygen atoms in total. The predicted molar refractivity (Wildman–Crippen MR) is 73.8 cm³/mol. The number of nitrogens with zero attached hydrogens (tertiary/aromatic N) is 1. The van der Waals surface area contributed by atoms with Gasteiger partial charge in [-0.1, -0.05) is 17.7 Å². The topological polar surface area (TPSA) is 58.4 Å². The maximum absolute atomic E-state index is 11.9. The van der Waals surface area contributed by atoms with Crippen LogP contribution in [0.2, 0.25) is 5.02 Å². The van der Waals surface area contributed by atoms with Gasteiger partial charge in [0.2, 0.25) is 5.91 Å². The largest absolute Gasteiger partial charge is 0.356 e. The Labute approximate surface area is 112 Å². The fourth-order valence-electron chi connectivity index (χ4n) is 2.22. The number of amides is 1. The number of benzene rings is 1. The molecule has 1 aromatic rings. The van der Waals surface area contributed by atoms with Crippen LogP contribution in [0.5, 0.6) is 0 Å². The SMILES string of the molecule is CC1(C)C(=O)NCCN1c1ccc(CN)c(Cl)c1. The van der Waals surface area contributed by atoms with E-state index in [0.717, 1.165) is 17.8 Å². The van der Waals surface area contributed by atoms with Crippen molar-refractivity contribution in [2.75, 3.05) is 18.0 Å². The Kier molecular flexibility index (Phi) is 3.50. The summed E-state index contributed by atoms with van der Waals surface area (Å²) in [6.45, 7) is 5.66. The zero-order valence-electron chi connectivity index (χ0n) is 10.7. The number of nitrogens with one attached hydrogen (secondary N) is 1. The maximum atomic E-state index is 11.9. The first-order chi connectivity index (χ1) is 8.46. The van der Waals surface area contributed by atoms with Crippen LogP contribution in [0.4, 0.5) is 5.69 Å². The van der Waals surface area contributed by atoms with Gasteiger partial charge in [0.15, 0.2) is 0 Å². The van der Waals surface area contributed by atoms with Crippen LogP contribution in [0.15, 0.2) is 18.2 Å². The summed E-state index contributed by atoms with van der Waals surface area (Å²) in [6.07, 6.45) is 0. The molecule has 0 bridgehead atoms. The van der Waals surface area contributed by atoms with Crippen molar-refractivity contribution in [1.82, 2.24) is 5.32 Å². The van der Waals surface area contributed by atoms with Crippen LogP contribution in [0, 0.1) is 0 Å².